The average molecular weight is 471 g/mol. The summed E-state index contributed by atoms with van der Waals surface area (Å²) in [6, 6.07) is 8.12. The molecule has 3 N–H and O–H groups in total. The van der Waals surface area contributed by atoms with Gasteiger partial charge in [-0.2, -0.15) is 0 Å². The summed E-state index contributed by atoms with van der Waals surface area (Å²) in [4.78, 5) is 8.69. The molecule has 7 heteroatoms. The number of hydrogen-bond acceptors (Lipinski definition) is 5. The molecule has 0 unspecified atom stereocenters. The third-order valence-corrected chi connectivity index (χ3v) is 7.07. The Labute approximate surface area is 199 Å². The van der Waals surface area contributed by atoms with E-state index in [4.69, 9.17) is 22.1 Å². The van der Waals surface area contributed by atoms with Crippen molar-refractivity contribution < 1.29 is 9.13 Å². The number of benzene rings is 2. The van der Waals surface area contributed by atoms with Gasteiger partial charge in [-0.25, -0.2) is 14.4 Å². The molecule has 2 fully saturated rings. The lowest BCUT2D eigenvalue weighted by Crippen LogP contribution is -2.41. The highest BCUT2D eigenvalue weighted by Crippen LogP contribution is 2.54. The molecule has 5 rings (SSSR count). The first-order valence-electron chi connectivity index (χ1n) is 11.9. The molecule has 2 saturated carbocycles. The third kappa shape index (κ3) is 5.16. The van der Waals surface area contributed by atoms with Crippen LogP contribution in [0.5, 0.6) is 5.75 Å². The summed E-state index contributed by atoms with van der Waals surface area (Å²) in [5, 5.41) is 3.97. The fourth-order valence-corrected chi connectivity index (χ4v) is 5.42. The van der Waals surface area contributed by atoms with Crippen LogP contribution in [0.1, 0.15) is 58.8 Å². The van der Waals surface area contributed by atoms with Crippen LogP contribution in [-0.2, 0) is 0 Å². The van der Waals surface area contributed by atoms with E-state index < -0.39 is 5.82 Å². The Morgan fingerprint density at radius 1 is 1.12 bits per heavy atom. The van der Waals surface area contributed by atoms with Crippen molar-refractivity contribution in [1.82, 2.24) is 9.97 Å². The van der Waals surface area contributed by atoms with E-state index in [0.29, 0.717) is 40.9 Å². The summed E-state index contributed by atoms with van der Waals surface area (Å²) in [6.45, 7) is 4.70. The number of nitrogen functional groups attached to an aromatic ring is 1. The zero-order valence-electron chi connectivity index (χ0n) is 19.3. The minimum atomic E-state index is -0.466. The summed E-state index contributed by atoms with van der Waals surface area (Å²) in [5.74, 6) is 1.38. The Morgan fingerprint density at radius 3 is 2.61 bits per heavy atom. The van der Waals surface area contributed by atoms with Crippen LogP contribution in [0.4, 0.5) is 21.6 Å². The van der Waals surface area contributed by atoms with Crippen molar-refractivity contribution in [1.29, 1.82) is 0 Å². The second kappa shape index (κ2) is 10.1. The number of nitrogens with one attached hydrogen (secondary N) is 1. The highest BCUT2D eigenvalue weighted by atomic mass is 35.5. The maximum Gasteiger partial charge on any atom is 0.144 e. The van der Waals surface area contributed by atoms with Crippen molar-refractivity contribution in [2.24, 2.45) is 11.3 Å². The highest BCUT2D eigenvalue weighted by Gasteiger charge is 2.44. The number of ether oxygens (including phenoxy) is 1. The van der Waals surface area contributed by atoms with Gasteiger partial charge in [-0.05, 0) is 61.3 Å². The number of hydrogen-bond donors (Lipinski definition) is 2. The van der Waals surface area contributed by atoms with E-state index in [1.807, 2.05) is 26.0 Å². The van der Waals surface area contributed by atoms with E-state index in [9.17, 15) is 4.39 Å². The average Bonchev–Trinajstić information content (AvgIpc) is 2.81. The first kappa shape index (κ1) is 23.6. The number of nitrogens with zero attached hydrogens (tertiary/aromatic N) is 2. The summed E-state index contributed by atoms with van der Waals surface area (Å²) in [6.07, 6.45) is 10.9. The molecule has 0 radical (unpaired) electrons. The molecule has 1 aromatic heterocycles. The van der Waals surface area contributed by atoms with Crippen LogP contribution in [0.3, 0.4) is 0 Å². The second-order valence-corrected chi connectivity index (χ2v) is 9.44. The van der Waals surface area contributed by atoms with Crippen molar-refractivity contribution in [3.63, 3.8) is 0 Å². The SMILES string of the molecule is CC.Nc1cc2c(Nc3ccc(F)c(Cl)c3)ncnc2cc1OCC1CC2(CCCCC2)C1. The van der Waals surface area contributed by atoms with E-state index in [2.05, 4.69) is 15.3 Å². The summed E-state index contributed by atoms with van der Waals surface area (Å²) in [7, 11) is 0. The van der Waals surface area contributed by atoms with E-state index in [1.165, 1.54) is 63.4 Å². The lowest BCUT2D eigenvalue weighted by Gasteiger charge is -2.50. The van der Waals surface area contributed by atoms with Crippen molar-refractivity contribution >= 4 is 39.7 Å². The standard InChI is InChI=1S/C24H26ClFN4O.C2H6/c25-18-8-16(4-5-19(18)26)30-23-17-9-20(27)22(10-21(17)28-14-29-23)31-13-15-11-24(12-15)6-2-1-3-7-24;1-2/h4-5,8-10,14-15H,1-3,6-7,11-13,27H2,(H,28,29,30);1-2H3. The molecule has 33 heavy (non-hydrogen) atoms. The second-order valence-electron chi connectivity index (χ2n) is 9.03. The van der Waals surface area contributed by atoms with Crippen molar-refractivity contribution in [2.75, 3.05) is 17.7 Å². The monoisotopic (exact) mass is 470 g/mol. The van der Waals surface area contributed by atoms with Gasteiger partial charge in [0.15, 0.2) is 0 Å². The third-order valence-electron chi connectivity index (χ3n) is 6.78. The highest BCUT2D eigenvalue weighted by molar-refractivity contribution is 6.31. The molecular formula is C26H32ClFN4O. The molecule has 2 aliphatic carbocycles. The van der Waals surface area contributed by atoms with Crippen LogP contribution in [0.2, 0.25) is 5.02 Å². The number of aromatic nitrogens is 2. The van der Waals surface area contributed by atoms with Crippen LogP contribution >= 0.6 is 11.6 Å². The number of halogens is 2. The van der Waals surface area contributed by atoms with Gasteiger partial charge in [-0.3, -0.25) is 0 Å². The summed E-state index contributed by atoms with van der Waals surface area (Å²) in [5.41, 5.74) is 8.80. The number of rotatable bonds is 5. The van der Waals surface area contributed by atoms with Gasteiger partial charge in [-0.15, -0.1) is 0 Å². The van der Waals surface area contributed by atoms with Gasteiger partial charge in [0.25, 0.3) is 0 Å². The van der Waals surface area contributed by atoms with Crippen LogP contribution in [0.15, 0.2) is 36.7 Å². The smallest absolute Gasteiger partial charge is 0.144 e. The fourth-order valence-electron chi connectivity index (χ4n) is 5.24. The minimum Gasteiger partial charge on any atom is -0.491 e. The van der Waals surface area contributed by atoms with Gasteiger partial charge in [0, 0.05) is 17.1 Å². The predicted molar refractivity (Wildman–Crippen MR) is 134 cm³/mol. The van der Waals surface area contributed by atoms with Crippen LogP contribution in [0, 0.1) is 17.2 Å². The maximum absolute atomic E-state index is 13.4. The zero-order valence-corrected chi connectivity index (χ0v) is 20.1. The molecule has 176 valence electrons. The van der Waals surface area contributed by atoms with E-state index in [1.54, 1.807) is 6.07 Å². The van der Waals surface area contributed by atoms with E-state index in [-0.39, 0.29) is 5.02 Å². The molecule has 0 amide bonds. The molecule has 1 spiro atoms. The van der Waals surface area contributed by atoms with Crippen LogP contribution in [-0.4, -0.2) is 16.6 Å². The van der Waals surface area contributed by atoms with Gasteiger partial charge in [-0.1, -0.05) is 44.7 Å². The van der Waals surface area contributed by atoms with Crippen LogP contribution < -0.4 is 15.8 Å². The molecule has 0 atom stereocenters. The fraction of sp³-hybridized carbons (Fsp3) is 0.462. The first-order chi connectivity index (χ1) is 16.0. The van der Waals surface area contributed by atoms with Crippen molar-refractivity contribution in [3.05, 3.63) is 47.5 Å². The van der Waals surface area contributed by atoms with Gasteiger partial charge < -0.3 is 15.8 Å². The number of fused-ring (bicyclic) bond motifs is 1. The zero-order chi connectivity index (χ0) is 23.4. The van der Waals surface area contributed by atoms with Gasteiger partial charge in [0.1, 0.15) is 23.7 Å². The molecule has 3 aromatic rings. The van der Waals surface area contributed by atoms with Crippen molar-refractivity contribution in [2.45, 2.75) is 58.8 Å². The molecule has 0 aliphatic heterocycles. The molecular weight excluding hydrogens is 439 g/mol. The lowest BCUT2D eigenvalue weighted by atomic mass is 9.56. The molecule has 0 saturated heterocycles. The van der Waals surface area contributed by atoms with Gasteiger partial charge in [0.05, 0.1) is 22.8 Å². The Kier molecular flexibility index (Phi) is 7.23. The Hall–Kier alpha value is -2.60. The van der Waals surface area contributed by atoms with E-state index in [0.717, 1.165) is 10.9 Å². The molecule has 2 aliphatic rings. The van der Waals surface area contributed by atoms with Crippen LogP contribution in [0.25, 0.3) is 10.9 Å². The Bertz CT molecular complexity index is 1110. The number of nitrogens with two attached hydrogens (primary N) is 1. The lowest BCUT2D eigenvalue weighted by molar-refractivity contribution is -0.00749. The minimum absolute atomic E-state index is 0.0459. The summed E-state index contributed by atoms with van der Waals surface area (Å²) < 4.78 is 19.5. The Balaban J connectivity index is 0.00000126. The quantitative estimate of drug-likeness (QED) is 0.377. The molecule has 2 aromatic carbocycles. The van der Waals surface area contributed by atoms with Gasteiger partial charge in [0.2, 0.25) is 0 Å². The molecule has 5 nitrogen and oxygen atoms in total. The molecule has 0 bridgehead atoms. The van der Waals surface area contributed by atoms with Gasteiger partial charge >= 0.3 is 0 Å². The number of anilines is 3. The van der Waals surface area contributed by atoms with Crippen molar-refractivity contribution in [3.8, 4) is 5.75 Å². The Morgan fingerprint density at radius 2 is 1.88 bits per heavy atom. The largest absolute Gasteiger partial charge is 0.491 e. The first-order valence-corrected chi connectivity index (χ1v) is 12.3. The topological polar surface area (TPSA) is 73.1 Å². The van der Waals surface area contributed by atoms with E-state index >= 15 is 0 Å². The predicted octanol–water partition coefficient (Wildman–Crippen LogP) is 7.51. The maximum atomic E-state index is 13.4. The summed E-state index contributed by atoms with van der Waals surface area (Å²) >= 11 is 5.88. The molecule has 1 heterocycles. The normalized spacial score (nSPS) is 17.2.